The van der Waals surface area contributed by atoms with Crippen LogP contribution in [0.1, 0.15) is 18.1 Å². The first-order valence-corrected chi connectivity index (χ1v) is 10.4. The first-order valence-electron chi connectivity index (χ1n) is 10.4. The van der Waals surface area contributed by atoms with Gasteiger partial charge in [0.15, 0.2) is 0 Å². The van der Waals surface area contributed by atoms with Crippen LogP contribution in [-0.4, -0.2) is 47.4 Å². The van der Waals surface area contributed by atoms with Gasteiger partial charge in [0, 0.05) is 6.20 Å². The number of anilines is 1. The molecule has 1 aromatic heterocycles. The molecule has 1 atom stereocenters. The van der Waals surface area contributed by atoms with Crippen LogP contribution in [0.5, 0.6) is 5.88 Å². The number of hydrogen-bond donors (Lipinski definition) is 1. The fourth-order valence-electron chi connectivity index (χ4n) is 4.22. The number of carbonyl (C=O) groups is 3. The number of ether oxygens (including phenoxy) is 1. The zero-order chi connectivity index (χ0) is 22.5. The fourth-order valence-corrected chi connectivity index (χ4v) is 4.22. The number of urea groups is 1. The third-order valence-electron chi connectivity index (χ3n) is 6.01. The van der Waals surface area contributed by atoms with E-state index >= 15 is 0 Å². The number of imide groups is 1. The molecule has 3 heterocycles. The van der Waals surface area contributed by atoms with E-state index in [9.17, 15) is 14.4 Å². The Labute approximate surface area is 184 Å². The average Bonchev–Trinajstić information content (AvgIpc) is 3.02. The van der Waals surface area contributed by atoms with Crippen LogP contribution < -0.4 is 15.0 Å². The highest BCUT2D eigenvalue weighted by Gasteiger charge is 2.50. The number of benzene rings is 2. The van der Waals surface area contributed by atoms with Crippen molar-refractivity contribution in [1.82, 2.24) is 15.2 Å². The van der Waals surface area contributed by atoms with Crippen molar-refractivity contribution in [3.8, 4) is 5.88 Å². The first-order chi connectivity index (χ1) is 15.4. The van der Waals surface area contributed by atoms with E-state index in [1.165, 1.54) is 4.90 Å². The minimum absolute atomic E-state index is 0.295. The van der Waals surface area contributed by atoms with Crippen LogP contribution in [-0.2, 0) is 15.1 Å². The first kappa shape index (κ1) is 20.0. The minimum Gasteiger partial charge on any atom is -0.474 e. The molecule has 0 radical (unpaired) electrons. The maximum Gasteiger partial charge on any atom is 0.325 e. The van der Waals surface area contributed by atoms with Crippen molar-refractivity contribution in [1.29, 1.82) is 0 Å². The van der Waals surface area contributed by atoms with E-state index in [2.05, 4.69) is 10.3 Å². The molecule has 1 fully saturated rings. The van der Waals surface area contributed by atoms with Gasteiger partial charge in [0.25, 0.3) is 5.91 Å². The van der Waals surface area contributed by atoms with Crippen molar-refractivity contribution in [3.05, 3.63) is 65.9 Å². The zero-order valence-electron chi connectivity index (χ0n) is 17.8. The zero-order valence-corrected chi connectivity index (χ0v) is 17.8. The molecule has 0 bridgehead atoms. The Hall–Kier alpha value is -3.94. The molecular weight excluding hydrogens is 408 g/mol. The Kier molecular flexibility index (Phi) is 4.58. The predicted molar refractivity (Wildman–Crippen MR) is 118 cm³/mol. The summed E-state index contributed by atoms with van der Waals surface area (Å²) in [5.41, 5.74) is 0.847. The Morgan fingerprint density at radius 2 is 1.94 bits per heavy atom. The molecule has 2 aliphatic rings. The molecular formula is C24H22N4O4. The van der Waals surface area contributed by atoms with Crippen LogP contribution in [0.3, 0.4) is 0 Å². The highest BCUT2D eigenvalue weighted by molar-refractivity contribution is 6.11. The monoisotopic (exact) mass is 430 g/mol. The van der Waals surface area contributed by atoms with E-state index < -0.39 is 17.5 Å². The number of hydrogen-bond acceptors (Lipinski definition) is 5. The lowest BCUT2D eigenvalue weighted by Crippen LogP contribution is -2.47. The molecule has 1 saturated heterocycles. The van der Waals surface area contributed by atoms with Crippen LogP contribution in [0.25, 0.3) is 10.8 Å². The lowest BCUT2D eigenvalue weighted by atomic mass is 9.90. The molecule has 2 aliphatic heterocycles. The molecule has 8 heteroatoms. The summed E-state index contributed by atoms with van der Waals surface area (Å²) in [6, 6.07) is 14.7. The van der Waals surface area contributed by atoms with Gasteiger partial charge < -0.3 is 15.0 Å². The highest BCUT2D eigenvalue weighted by Crippen LogP contribution is 2.33. The van der Waals surface area contributed by atoms with Gasteiger partial charge >= 0.3 is 6.03 Å². The molecule has 2 aromatic carbocycles. The molecule has 0 spiro atoms. The summed E-state index contributed by atoms with van der Waals surface area (Å²) in [5.74, 6) is -0.455. The van der Waals surface area contributed by atoms with E-state index in [1.807, 2.05) is 55.5 Å². The molecule has 162 valence electrons. The second-order valence-electron chi connectivity index (χ2n) is 8.24. The topological polar surface area (TPSA) is 91.8 Å². The van der Waals surface area contributed by atoms with Crippen molar-refractivity contribution < 1.29 is 19.1 Å². The SMILES string of the molecule is Cc1cnc2c(c1)N(C(=O)CN1C(=O)N[C@@](C)(c3ccc4ccccc4c3)C1=O)CCO2. The summed E-state index contributed by atoms with van der Waals surface area (Å²) in [4.78, 5) is 45.9. The van der Waals surface area contributed by atoms with Crippen molar-refractivity contribution in [2.24, 2.45) is 0 Å². The van der Waals surface area contributed by atoms with Gasteiger partial charge in [-0.2, -0.15) is 0 Å². The highest BCUT2D eigenvalue weighted by atomic mass is 16.5. The quantitative estimate of drug-likeness (QED) is 0.645. The van der Waals surface area contributed by atoms with Crippen molar-refractivity contribution in [3.63, 3.8) is 0 Å². The second kappa shape index (κ2) is 7.33. The van der Waals surface area contributed by atoms with Crippen LogP contribution >= 0.6 is 0 Å². The number of pyridine rings is 1. The Morgan fingerprint density at radius 3 is 2.75 bits per heavy atom. The summed E-state index contributed by atoms with van der Waals surface area (Å²) >= 11 is 0. The van der Waals surface area contributed by atoms with E-state index in [-0.39, 0.29) is 12.5 Å². The normalized spacial score (nSPS) is 20.2. The van der Waals surface area contributed by atoms with Crippen LogP contribution in [0, 0.1) is 6.92 Å². The van der Waals surface area contributed by atoms with E-state index in [0.717, 1.165) is 21.2 Å². The van der Waals surface area contributed by atoms with Crippen LogP contribution in [0.2, 0.25) is 0 Å². The predicted octanol–water partition coefficient (Wildman–Crippen LogP) is 2.74. The van der Waals surface area contributed by atoms with Gasteiger partial charge in [-0.05, 0) is 47.9 Å². The molecule has 3 aromatic rings. The van der Waals surface area contributed by atoms with Crippen molar-refractivity contribution >= 4 is 34.3 Å². The van der Waals surface area contributed by atoms with Gasteiger partial charge in [-0.3, -0.25) is 14.5 Å². The van der Waals surface area contributed by atoms with Gasteiger partial charge in [-0.1, -0.05) is 36.4 Å². The Morgan fingerprint density at radius 1 is 1.16 bits per heavy atom. The van der Waals surface area contributed by atoms with Gasteiger partial charge in [-0.25, -0.2) is 9.78 Å². The van der Waals surface area contributed by atoms with E-state index in [4.69, 9.17) is 4.74 Å². The van der Waals surface area contributed by atoms with Gasteiger partial charge in [0.05, 0.1) is 6.54 Å². The average molecular weight is 430 g/mol. The molecule has 32 heavy (non-hydrogen) atoms. The number of nitrogens with one attached hydrogen (secondary N) is 1. The van der Waals surface area contributed by atoms with E-state index in [0.29, 0.717) is 30.3 Å². The number of aryl methyl sites for hydroxylation is 1. The summed E-state index contributed by atoms with van der Waals surface area (Å²) in [6.45, 7) is 3.80. The summed E-state index contributed by atoms with van der Waals surface area (Å²) in [5, 5.41) is 4.79. The Balaban J connectivity index is 1.41. The third-order valence-corrected chi connectivity index (χ3v) is 6.01. The van der Waals surface area contributed by atoms with Gasteiger partial charge in [0.1, 0.15) is 24.4 Å². The fraction of sp³-hybridized carbons (Fsp3) is 0.250. The smallest absolute Gasteiger partial charge is 0.325 e. The van der Waals surface area contributed by atoms with Crippen molar-refractivity contribution in [2.45, 2.75) is 19.4 Å². The number of nitrogens with zero attached hydrogens (tertiary/aromatic N) is 3. The second-order valence-corrected chi connectivity index (χ2v) is 8.24. The van der Waals surface area contributed by atoms with Gasteiger partial charge in [-0.15, -0.1) is 0 Å². The number of fused-ring (bicyclic) bond motifs is 2. The van der Waals surface area contributed by atoms with Crippen LogP contribution in [0.4, 0.5) is 10.5 Å². The molecule has 0 saturated carbocycles. The molecule has 0 unspecified atom stereocenters. The lowest BCUT2D eigenvalue weighted by molar-refractivity contribution is -0.134. The molecule has 8 nitrogen and oxygen atoms in total. The summed E-state index contributed by atoms with van der Waals surface area (Å²) in [6.07, 6.45) is 1.67. The molecule has 5 rings (SSSR count). The lowest BCUT2D eigenvalue weighted by Gasteiger charge is -2.30. The number of amides is 4. The minimum atomic E-state index is -1.25. The number of aromatic nitrogens is 1. The summed E-state index contributed by atoms with van der Waals surface area (Å²) < 4.78 is 5.53. The van der Waals surface area contributed by atoms with E-state index in [1.54, 1.807) is 13.1 Å². The largest absolute Gasteiger partial charge is 0.474 e. The third kappa shape index (κ3) is 3.15. The number of rotatable bonds is 3. The maximum atomic E-state index is 13.3. The molecule has 1 N–H and O–H groups in total. The number of carbonyl (C=O) groups excluding carboxylic acids is 3. The maximum absolute atomic E-state index is 13.3. The van der Waals surface area contributed by atoms with Gasteiger partial charge in [0.2, 0.25) is 11.8 Å². The molecule has 0 aliphatic carbocycles. The van der Waals surface area contributed by atoms with Crippen molar-refractivity contribution in [2.75, 3.05) is 24.6 Å². The summed E-state index contributed by atoms with van der Waals surface area (Å²) in [7, 11) is 0. The van der Waals surface area contributed by atoms with Crippen LogP contribution in [0.15, 0.2) is 54.7 Å². The molecule has 4 amide bonds. The Bertz CT molecular complexity index is 1270. The standard InChI is InChI=1S/C24H22N4O4/c1-15-11-19-21(25-13-15)32-10-9-27(19)20(29)14-28-22(30)24(2,26-23(28)31)18-8-7-16-5-3-4-6-17(16)12-18/h3-8,11-13H,9-10,14H2,1-2H3,(H,26,31)/t24-/m0/s1.